The Kier molecular flexibility index (Phi) is 3.46. The van der Waals surface area contributed by atoms with Crippen LogP contribution in [-0.2, 0) is 6.42 Å². The highest BCUT2D eigenvalue weighted by Gasteiger charge is 2.08. The number of nitrogens with one attached hydrogen (secondary N) is 1. The van der Waals surface area contributed by atoms with Crippen molar-refractivity contribution in [1.29, 1.82) is 0 Å². The lowest BCUT2D eigenvalue weighted by Gasteiger charge is -2.10. The van der Waals surface area contributed by atoms with Gasteiger partial charge in [-0.05, 0) is 30.2 Å². The monoisotopic (exact) mass is 248 g/mol. The van der Waals surface area contributed by atoms with Gasteiger partial charge in [-0.1, -0.05) is 19.1 Å². The number of hydrogen-bond donors (Lipinski definition) is 2. The van der Waals surface area contributed by atoms with Gasteiger partial charge in [0.25, 0.3) is 0 Å². The molecule has 0 aromatic heterocycles. The van der Waals surface area contributed by atoms with E-state index in [1.807, 2.05) is 24.3 Å². The molecule has 0 spiro atoms. The summed E-state index contributed by atoms with van der Waals surface area (Å²) in [4.78, 5) is 0. The Balaban J connectivity index is 2.27. The lowest BCUT2D eigenvalue weighted by Crippen LogP contribution is -2.00. The van der Waals surface area contributed by atoms with Crippen LogP contribution in [0.1, 0.15) is 12.5 Å². The fourth-order valence-electron chi connectivity index (χ4n) is 1.67. The van der Waals surface area contributed by atoms with Crippen molar-refractivity contribution in [2.24, 2.45) is 0 Å². The molecule has 0 atom stereocenters. The van der Waals surface area contributed by atoms with E-state index in [2.05, 4.69) is 12.2 Å². The van der Waals surface area contributed by atoms with Gasteiger partial charge in [-0.25, -0.2) is 8.78 Å². The van der Waals surface area contributed by atoms with Gasteiger partial charge in [0.2, 0.25) is 0 Å². The predicted molar refractivity (Wildman–Crippen MR) is 69.9 cm³/mol. The standard InChI is InChI=1S/C14H14F2N2/c1-2-9-3-5-11(6-4-9)18-13-8-10(15)7-12(16)14(13)17/h3-8,18H,2,17H2,1H3. The van der Waals surface area contributed by atoms with E-state index >= 15 is 0 Å². The third kappa shape index (κ3) is 2.59. The van der Waals surface area contributed by atoms with Crippen LogP contribution in [-0.4, -0.2) is 0 Å². The number of anilines is 3. The van der Waals surface area contributed by atoms with Crippen molar-refractivity contribution >= 4 is 17.1 Å². The smallest absolute Gasteiger partial charge is 0.151 e. The van der Waals surface area contributed by atoms with E-state index in [-0.39, 0.29) is 11.4 Å². The first-order valence-electron chi connectivity index (χ1n) is 5.70. The molecule has 0 radical (unpaired) electrons. The first kappa shape index (κ1) is 12.4. The van der Waals surface area contributed by atoms with Crippen LogP contribution in [0.25, 0.3) is 0 Å². The maximum Gasteiger partial charge on any atom is 0.151 e. The summed E-state index contributed by atoms with van der Waals surface area (Å²) in [6, 6.07) is 9.54. The first-order chi connectivity index (χ1) is 8.60. The van der Waals surface area contributed by atoms with Crippen molar-refractivity contribution in [3.8, 4) is 0 Å². The minimum absolute atomic E-state index is 0.0871. The highest BCUT2D eigenvalue weighted by molar-refractivity contribution is 5.73. The number of benzene rings is 2. The van der Waals surface area contributed by atoms with Crippen molar-refractivity contribution < 1.29 is 8.78 Å². The normalized spacial score (nSPS) is 10.4. The van der Waals surface area contributed by atoms with Gasteiger partial charge in [-0.15, -0.1) is 0 Å². The predicted octanol–water partition coefficient (Wildman–Crippen LogP) is 3.85. The highest BCUT2D eigenvalue weighted by Crippen LogP contribution is 2.26. The fourth-order valence-corrected chi connectivity index (χ4v) is 1.67. The van der Waals surface area contributed by atoms with Crippen LogP contribution >= 0.6 is 0 Å². The quantitative estimate of drug-likeness (QED) is 0.809. The summed E-state index contributed by atoms with van der Waals surface area (Å²) < 4.78 is 26.4. The van der Waals surface area contributed by atoms with Crippen molar-refractivity contribution in [3.05, 3.63) is 53.6 Å². The van der Waals surface area contributed by atoms with Crippen LogP contribution in [0.3, 0.4) is 0 Å². The van der Waals surface area contributed by atoms with Gasteiger partial charge >= 0.3 is 0 Å². The zero-order valence-electron chi connectivity index (χ0n) is 10.0. The molecule has 0 bridgehead atoms. The van der Waals surface area contributed by atoms with Gasteiger partial charge in [-0.2, -0.15) is 0 Å². The summed E-state index contributed by atoms with van der Waals surface area (Å²) in [5, 5.41) is 2.90. The molecule has 2 aromatic carbocycles. The van der Waals surface area contributed by atoms with Crippen LogP contribution in [0.4, 0.5) is 25.8 Å². The van der Waals surface area contributed by atoms with Gasteiger partial charge in [0.1, 0.15) is 5.82 Å². The fraction of sp³-hybridized carbons (Fsp3) is 0.143. The molecule has 4 heteroatoms. The Bertz CT molecular complexity index is 550. The molecule has 0 heterocycles. The Hall–Kier alpha value is -2.10. The second kappa shape index (κ2) is 5.04. The lowest BCUT2D eigenvalue weighted by atomic mass is 10.1. The Labute approximate surface area is 104 Å². The molecule has 2 nitrogen and oxygen atoms in total. The zero-order chi connectivity index (χ0) is 13.1. The third-order valence-electron chi connectivity index (χ3n) is 2.74. The lowest BCUT2D eigenvalue weighted by molar-refractivity contribution is 0.587. The molecule has 0 saturated carbocycles. The summed E-state index contributed by atoms with van der Waals surface area (Å²) in [5.74, 6) is -1.42. The molecule has 0 aliphatic carbocycles. The maximum atomic E-state index is 13.3. The number of rotatable bonds is 3. The van der Waals surface area contributed by atoms with Crippen LogP contribution in [0, 0.1) is 11.6 Å². The Morgan fingerprint density at radius 1 is 1.11 bits per heavy atom. The molecule has 0 unspecified atom stereocenters. The van der Waals surface area contributed by atoms with Gasteiger partial charge in [-0.3, -0.25) is 0 Å². The van der Waals surface area contributed by atoms with Crippen LogP contribution in [0.15, 0.2) is 36.4 Å². The highest BCUT2D eigenvalue weighted by atomic mass is 19.1. The summed E-state index contributed by atoms with van der Waals surface area (Å²) in [6.45, 7) is 2.06. The largest absolute Gasteiger partial charge is 0.395 e. The van der Waals surface area contributed by atoms with E-state index in [0.717, 1.165) is 18.2 Å². The molecule has 2 aromatic rings. The van der Waals surface area contributed by atoms with Crippen LogP contribution < -0.4 is 11.1 Å². The van der Waals surface area contributed by atoms with Gasteiger partial charge in [0, 0.05) is 11.8 Å². The minimum Gasteiger partial charge on any atom is -0.395 e. The Morgan fingerprint density at radius 2 is 1.78 bits per heavy atom. The van der Waals surface area contributed by atoms with E-state index < -0.39 is 11.6 Å². The molecule has 0 fully saturated rings. The number of nitrogens with two attached hydrogens (primary N) is 1. The van der Waals surface area contributed by atoms with Crippen LogP contribution in [0.2, 0.25) is 0 Å². The number of nitrogen functional groups attached to an aromatic ring is 1. The summed E-state index contributed by atoms with van der Waals surface area (Å²) in [6.07, 6.45) is 0.941. The van der Waals surface area contributed by atoms with Gasteiger partial charge < -0.3 is 11.1 Å². The van der Waals surface area contributed by atoms with Crippen molar-refractivity contribution in [2.75, 3.05) is 11.1 Å². The van der Waals surface area contributed by atoms with Gasteiger partial charge in [0.05, 0.1) is 11.4 Å². The summed E-state index contributed by atoms with van der Waals surface area (Å²) >= 11 is 0. The van der Waals surface area contributed by atoms with Crippen molar-refractivity contribution in [3.63, 3.8) is 0 Å². The molecular formula is C14H14F2N2. The molecule has 0 aliphatic heterocycles. The summed E-state index contributed by atoms with van der Waals surface area (Å²) in [5.41, 5.74) is 7.63. The SMILES string of the molecule is CCc1ccc(Nc2cc(F)cc(F)c2N)cc1. The number of aryl methyl sites for hydroxylation is 1. The molecule has 0 saturated heterocycles. The second-order valence-electron chi connectivity index (χ2n) is 4.02. The Morgan fingerprint density at radius 3 is 2.39 bits per heavy atom. The second-order valence-corrected chi connectivity index (χ2v) is 4.02. The van der Waals surface area contributed by atoms with E-state index in [0.29, 0.717) is 0 Å². The molecule has 94 valence electrons. The molecule has 3 N–H and O–H groups in total. The molecule has 18 heavy (non-hydrogen) atoms. The number of hydrogen-bond acceptors (Lipinski definition) is 2. The average Bonchev–Trinajstić information content (AvgIpc) is 2.36. The van der Waals surface area contributed by atoms with E-state index in [9.17, 15) is 8.78 Å². The van der Waals surface area contributed by atoms with E-state index in [1.54, 1.807) is 0 Å². The average molecular weight is 248 g/mol. The molecule has 0 amide bonds. The third-order valence-corrected chi connectivity index (χ3v) is 2.74. The number of halogens is 2. The van der Waals surface area contributed by atoms with E-state index in [1.165, 1.54) is 11.6 Å². The molecule has 0 aliphatic rings. The van der Waals surface area contributed by atoms with Crippen LogP contribution in [0.5, 0.6) is 0 Å². The molecule has 2 rings (SSSR count). The minimum atomic E-state index is -0.761. The van der Waals surface area contributed by atoms with Crippen molar-refractivity contribution in [2.45, 2.75) is 13.3 Å². The maximum absolute atomic E-state index is 13.3. The van der Waals surface area contributed by atoms with Crippen molar-refractivity contribution in [1.82, 2.24) is 0 Å². The van der Waals surface area contributed by atoms with Gasteiger partial charge in [0.15, 0.2) is 5.82 Å². The van der Waals surface area contributed by atoms with E-state index in [4.69, 9.17) is 5.73 Å². The summed E-state index contributed by atoms with van der Waals surface area (Å²) in [7, 11) is 0. The zero-order valence-corrected chi connectivity index (χ0v) is 10.0. The first-order valence-corrected chi connectivity index (χ1v) is 5.70. The molecular weight excluding hydrogens is 234 g/mol. The topological polar surface area (TPSA) is 38.0 Å².